The van der Waals surface area contributed by atoms with Crippen LogP contribution in [0.2, 0.25) is 0 Å². The average Bonchev–Trinajstić information content (AvgIpc) is 3.02. The Bertz CT molecular complexity index is 454. The Balaban J connectivity index is 0.00000264. The molecule has 2 heterocycles. The number of piperidine rings is 1. The van der Waals surface area contributed by atoms with Crippen LogP contribution in [0.5, 0.6) is 0 Å². The van der Waals surface area contributed by atoms with E-state index in [2.05, 4.69) is 29.6 Å². The van der Waals surface area contributed by atoms with Crippen LogP contribution in [0.25, 0.3) is 0 Å². The molecule has 0 unspecified atom stereocenters. The summed E-state index contributed by atoms with van der Waals surface area (Å²) in [7, 11) is 0. The van der Waals surface area contributed by atoms with Crippen LogP contribution in [-0.2, 0) is 11.3 Å². The maximum absolute atomic E-state index is 11.9. The third-order valence-electron chi connectivity index (χ3n) is 4.68. The zero-order valence-electron chi connectivity index (χ0n) is 14.3. The summed E-state index contributed by atoms with van der Waals surface area (Å²) in [5.41, 5.74) is 1.00. The van der Waals surface area contributed by atoms with Crippen molar-refractivity contribution in [2.75, 3.05) is 13.1 Å². The molecule has 0 atom stereocenters. The summed E-state index contributed by atoms with van der Waals surface area (Å²) >= 11 is 0. The Hall–Kier alpha value is -1.07. The predicted octanol–water partition coefficient (Wildman–Crippen LogP) is 3.40. The molecule has 1 amide bonds. The third-order valence-corrected chi connectivity index (χ3v) is 4.68. The Morgan fingerprint density at radius 1 is 1.39 bits per heavy atom. The predicted molar refractivity (Wildman–Crippen MR) is 93.7 cm³/mol. The first-order valence-electron chi connectivity index (χ1n) is 8.65. The summed E-state index contributed by atoms with van der Waals surface area (Å²) in [6.45, 7) is 6.93. The van der Waals surface area contributed by atoms with E-state index >= 15 is 0 Å². The number of hydrogen-bond acceptors (Lipinski definition) is 4. The van der Waals surface area contributed by atoms with Gasteiger partial charge in [0.25, 0.3) is 0 Å². The minimum Gasteiger partial charge on any atom is -0.359 e. The smallest absolute Gasteiger partial charge is 0.220 e. The normalized spacial score (nSPS) is 15.4. The maximum atomic E-state index is 11.9. The van der Waals surface area contributed by atoms with Gasteiger partial charge in [0.2, 0.25) is 5.91 Å². The number of aromatic nitrogens is 1. The molecule has 132 valence electrons. The molecule has 0 spiro atoms. The van der Waals surface area contributed by atoms with Gasteiger partial charge >= 0.3 is 0 Å². The highest BCUT2D eigenvalue weighted by Crippen LogP contribution is 2.22. The number of carbonyl (C=O) groups excluding carboxylic acids is 1. The van der Waals surface area contributed by atoms with Crippen molar-refractivity contribution in [1.82, 2.24) is 15.8 Å². The van der Waals surface area contributed by atoms with E-state index in [1.807, 2.05) is 6.07 Å². The van der Waals surface area contributed by atoms with Gasteiger partial charge in [-0.25, -0.2) is 0 Å². The van der Waals surface area contributed by atoms with Crippen LogP contribution in [0.4, 0.5) is 0 Å². The van der Waals surface area contributed by atoms with E-state index in [1.165, 1.54) is 12.8 Å². The summed E-state index contributed by atoms with van der Waals surface area (Å²) in [5.74, 6) is 2.00. The summed E-state index contributed by atoms with van der Waals surface area (Å²) in [4.78, 5) is 11.9. The second-order valence-electron chi connectivity index (χ2n) is 6.24. The van der Waals surface area contributed by atoms with E-state index in [0.29, 0.717) is 24.8 Å². The lowest BCUT2D eigenvalue weighted by atomic mass is 9.93. The SMILES string of the molecule is CCC(CC)c1cc(CNC(=O)CCC2CCNCC2)on1.Cl. The molecule has 0 aromatic carbocycles. The Kier molecular flexibility index (Phi) is 9.26. The van der Waals surface area contributed by atoms with Gasteiger partial charge in [0.1, 0.15) is 0 Å². The van der Waals surface area contributed by atoms with Gasteiger partial charge in [0.15, 0.2) is 5.76 Å². The van der Waals surface area contributed by atoms with Crippen LogP contribution >= 0.6 is 12.4 Å². The van der Waals surface area contributed by atoms with Gasteiger partial charge in [-0.15, -0.1) is 12.4 Å². The molecule has 1 fully saturated rings. The minimum absolute atomic E-state index is 0. The number of hydrogen-bond donors (Lipinski definition) is 2. The van der Waals surface area contributed by atoms with E-state index in [4.69, 9.17) is 4.52 Å². The fourth-order valence-corrected chi connectivity index (χ4v) is 3.09. The quantitative estimate of drug-likeness (QED) is 0.759. The Morgan fingerprint density at radius 3 is 2.74 bits per heavy atom. The van der Waals surface area contributed by atoms with Gasteiger partial charge in [-0.2, -0.15) is 0 Å². The Labute approximate surface area is 145 Å². The zero-order chi connectivity index (χ0) is 15.8. The number of halogens is 1. The summed E-state index contributed by atoms with van der Waals surface area (Å²) < 4.78 is 5.32. The van der Waals surface area contributed by atoms with E-state index < -0.39 is 0 Å². The van der Waals surface area contributed by atoms with E-state index in [1.54, 1.807) is 0 Å². The standard InChI is InChI=1S/C17H29N3O2.ClH/c1-3-14(4-2)16-11-15(22-20-16)12-19-17(21)6-5-13-7-9-18-10-8-13;/h11,13-14,18H,3-10,12H2,1-2H3,(H,19,21);1H. The second kappa shape index (κ2) is 10.7. The molecule has 23 heavy (non-hydrogen) atoms. The number of rotatable bonds is 8. The zero-order valence-corrected chi connectivity index (χ0v) is 15.1. The van der Waals surface area contributed by atoms with Crippen LogP contribution in [0.1, 0.15) is 69.7 Å². The topological polar surface area (TPSA) is 67.2 Å². The lowest BCUT2D eigenvalue weighted by molar-refractivity contribution is -0.121. The van der Waals surface area contributed by atoms with Crippen LogP contribution < -0.4 is 10.6 Å². The highest BCUT2D eigenvalue weighted by atomic mass is 35.5. The lowest BCUT2D eigenvalue weighted by Gasteiger charge is -2.22. The molecule has 1 aliphatic heterocycles. The molecule has 0 aliphatic carbocycles. The lowest BCUT2D eigenvalue weighted by Crippen LogP contribution is -2.29. The molecule has 2 N–H and O–H groups in total. The minimum atomic E-state index is 0. The monoisotopic (exact) mass is 343 g/mol. The first kappa shape index (κ1) is 20.0. The fourth-order valence-electron chi connectivity index (χ4n) is 3.09. The van der Waals surface area contributed by atoms with Crippen molar-refractivity contribution in [3.8, 4) is 0 Å². The highest BCUT2D eigenvalue weighted by molar-refractivity contribution is 5.85. The number of nitrogens with zero attached hydrogens (tertiary/aromatic N) is 1. The number of carbonyl (C=O) groups is 1. The summed E-state index contributed by atoms with van der Waals surface area (Å²) in [5, 5.41) is 10.4. The molecule has 1 aromatic rings. The van der Waals surface area contributed by atoms with Gasteiger partial charge in [-0.3, -0.25) is 4.79 Å². The second-order valence-corrected chi connectivity index (χ2v) is 6.24. The maximum Gasteiger partial charge on any atom is 0.220 e. The first-order valence-corrected chi connectivity index (χ1v) is 8.65. The van der Waals surface area contributed by atoms with Crippen LogP contribution in [0.15, 0.2) is 10.6 Å². The summed E-state index contributed by atoms with van der Waals surface area (Å²) in [6.07, 6.45) is 6.10. The molecule has 0 saturated carbocycles. The fraction of sp³-hybridized carbons (Fsp3) is 0.765. The van der Waals surface area contributed by atoms with E-state index in [0.717, 1.165) is 43.8 Å². The molecule has 0 radical (unpaired) electrons. The van der Waals surface area contributed by atoms with Crippen molar-refractivity contribution in [2.24, 2.45) is 5.92 Å². The van der Waals surface area contributed by atoms with Crippen molar-refractivity contribution in [3.05, 3.63) is 17.5 Å². The van der Waals surface area contributed by atoms with Crippen molar-refractivity contribution in [3.63, 3.8) is 0 Å². The molecule has 0 bridgehead atoms. The van der Waals surface area contributed by atoms with Gasteiger partial charge in [0.05, 0.1) is 12.2 Å². The molecule has 1 saturated heterocycles. The van der Waals surface area contributed by atoms with Crippen molar-refractivity contribution in [1.29, 1.82) is 0 Å². The van der Waals surface area contributed by atoms with Crippen LogP contribution in [0.3, 0.4) is 0 Å². The van der Waals surface area contributed by atoms with E-state index in [9.17, 15) is 4.79 Å². The largest absolute Gasteiger partial charge is 0.359 e. The number of nitrogens with one attached hydrogen (secondary N) is 2. The van der Waals surface area contributed by atoms with Crippen molar-refractivity contribution < 1.29 is 9.32 Å². The Morgan fingerprint density at radius 2 is 2.09 bits per heavy atom. The first-order chi connectivity index (χ1) is 10.7. The van der Waals surface area contributed by atoms with E-state index in [-0.39, 0.29) is 18.3 Å². The van der Waals surface area contributed by atoms with Gasteiger partial charge in [-0.05, 0) is 51.1 Å². The molecule has 1 aliphatic rings. The van der Waals surface area contributed by atoms with Gasteiger partial charge < -0.3 is 15.2 Å². The molecular formula is C17H30ClN3O2. The number of amides is 1. The molecule has 2 rings (SSSR count). The van der Waals surface area contributed by atoms with Crippen LogP contribution in [-0.4, -0.2) is 24.2 Å². The van der Waals surface area contributed by atoms with Crippen LogP contribution in [0, 0.1) is 5.92 Å². The summed E-state index contributed by atoms with van der Waals surface area (Å²) in [6, 6.07) is 1.98. The average molecular weight is 344 g/mol. The van der Waals surface area contributed by atoms with Crippen molar-refractivity contribution >= 4 is 18.3 Å². The molecule has 5 nitrogen and oxygen atoms in total. The molecular weight excluding hydrogens is 314 g/mol. The molecule has 1 aromatic heterocycles. The van der Waals surface area contributed by atoms with Gasteiger partial charge in [-0.1, -0.05) is 19.0 Å². The molecule has 6 heteroatoms. The third kappa shape index (κ3) is 6.51. The van der Waals surface area contributed by atoms with Crippen molar-refractivity contribution in [2.45, 2.75) is 64.8 Å². The van der Waals surface area contributed by atoms with Gasteiger partial charge in [0, 0.05) is 18.4 Å². The highest BCUT2D eigenvalue weighted by Gasteiger charge is 2.16.